The molecule has 2 aliphatic rings. The van der Waals surface area contributed by atoms with Crippen LogP contribution in [0.2, 0.25) is 0 Å². The van der Waals surface area contributed by atoms with Gasteiger partial charge in [0.15, 0.2) is 18.4 Å². The van der Waals surface area contributed by atoms with E-state index < -0.39 is 18.2 Å². The molecule has 0 N–H and O–H groups in total. The van der Waals surface area contributed by atoms with Gasteiger partial charge < -0.3 is 23.7 Å². The molecule has 2 fully saturated rings. The molecule has 0 unspecified atom stereocenters. The standard InChI is InChI=1S/C11H16O5/c1-4-5-13-10-9-8(7(6-12)14-10)15-11(2,3)16-9/h4,6-10H,1,5H2,2-3H3/t7-,8-,9-,10-/m1/s1. The van der Waals surface area contributed by atoms with E-state index in [1.807, 2.05) is 0 Å². The van der Waals surface area contributed by atoms with E-state index in [0.29, 0.717) is 6.61 Å². The number of hydrogen-bond donors (Lipinski definition) is 0. The number of fused-ring (bicyclic) bond motifs is 1. The van der Waals surface area contributed by atoms with E-state index >= 15 is 0 Å². The van der Waals surface area contributed by atoms with Gasteiger partial charge >= 0.3 is 0 Å². The molecule has 0 bridgehead atoms. The molecule has 2 rings (SSSR count). The van der Waals surface area contributed by atoms with Crippen LogP contribution in [0.15, 0.2) is 12.7 Å². The van der Waals surface area contributed by atoms with Crippen molar-refractivity contribution in [1.82, 2.24) is 0 Å². The number of rotatable bonds is 4. The summed E-state index contributed by atoms with van der Waals surface area (Å²) >= 11 is 0. The molecule has 5 heteroatoms. The Morgan fingerprint density at radius 2 is 2.06 bits per heavy atom. The van der Waals surface area contributed by atoms with Crippen molar-refractivity contribution in [3.8, 4) is 0 Å². The summed E-state index contributed by atoms with van der Waals surface area (Å²) in [5.74, 6) is -0.698. The highest BCUT2D eigenvalue weighted by Crippen LogP contribution is 2.38. The van der Waals surface area contributed by atoms with Crippen LogP contribution in [0.25, 0.3) is 0 Å². The van der Waals surface area contributed by atoms with Crippen LogP contribution in [0.1, 0.15) is 13.8 Å². The van der Waals surface area contributed by atoms with Crippen molar-refractivity contribution in [2.45, 2.75) is 44.2 Å². The SMILES string of the molecule is C=CCO[C@@H]1O[C@H](C=O)[C@H]2OC(C)(C)O[C@@H]12. The molecule has 5 nitrogen and oxygen atoms in total. The normalized spacial score (nSPS) is 40.6. The summed E-state index contributed by atoms with van der Waals surface area (Å²) < 4.78 is 22.0. The van der Waals surface area contributed by atoms with Gasteiger partial charge in [0.25, 0.3) is 0 Å². The van der Waals surface area contributed by atoms with Gasteiger partial charge in [-0.05, 0) is 13.8 Å². The van der Waals surface area contributed by atoms with E-state index in [9.17, 15) is 4.79 Å². The molecule has 0 saturated carbocycles. The van der Waals surface area contributed by atoms with Gasteiger partial charge in [-0.2, -0.15) is 0 Å². The second-order valence-electron chi connectivity index (χ2n) is 4.29. The molecular weight excluding hydrogens is 212 g/mol. The summed E-state index contributed by atoms with van der Waals surface area (Å²) in [5.41, 5.74) is 0. The average molecular weight is 228 g/mol. The lowest BCUT2D eigenvalue weighted by molar-refractivity contribution is -0.227. The number of aldehydes is 1. The second kappa shape index (κ2) is 4.25. The highest BCUT2D eigenvalue weighted by atomic mass is 16.8. The Bertz CT molecular complexity index is 288. The second-order valence-corrected chi connectivity index (χ2v) is 4.29. The summed E-state index contributed by atoms with van der Waals surface area (Å²) in [4.78, 5) is 10.8. The summed E-state index contributed by atoms with van der Waals surface area (Å²) in [6.07, 6.45) is 0.404. The zero-order valence-electron chi connectivity index (χ0n) is 9.42. The van der Waals surface area contributed by atoms with Crippen molar-refractivity contribution in [3.05, 3.63) is 12.7 Å². The monoisotopic (exact) mass is 228 g/mol. The first-order chi connectivity index (χ1) is 7.57. The van der Waals surface area contributed by atoms with E-state index in [4.69, 9.17) is 18.9 Å². The van der Waals surface area contributed by atoms with Gasteiger partial charge in [-0.15, -0.1) is 6.58 Å². The van der Waals surface area contributed by atoms with Crippen LogP contribution in [0.3, 0.4) is 0 Å². The molecule has 0 radical (unpaired) electrons. The molecule has 2 aliphatic heterocycles. The first kappa shape index (κ1) is 11.7. The quantitative estimate of drug-likeness (QED) is 0.522. The zero-order chi connectivity index (χ0) is 11.8. The van der Waals surface area contributed by atoms with Gasteiger partial charge in [-0.3, -0.25) is 0 Å². The molecule has 0 aliphatic carbocycles. The van der Waals surface area contributed by atoms with Crippen LogP contribution in [0, 0.1) is 0 Å². The van der Waals surface area contributed by atoms with Gasteiger partial charge in [0.1, 0.15) is 18.3 Å². The predicted molar refractivity (Wildman–Crippen MR) is 54.7 cm³/mol. The van der Waals surface area contributed by atoms with Crippen molar-refractivity contribution in [2.24, 2.45) is 0 Å². The smallest absolute Gasteiger partial charge is 0.187 e. The molecule has 2 saturated heterocycles. The summed E-state index contributed by atoms with van der Waals surface area (Å²) in [5, 5.41) is 0. The highest BCUT2D eigenvalue weighted by Gasteiger charge is 2.55. The van der Waals surface area contributed by atoms with Gasteiger partial charge in [0.2, 0.25) is 0 Å². The third-order valence-corrected chi connectivity index (χ3v) is 2.56. The maximum Gasteiger partial charge on any atom is 0.187 e. The largest absolute Gasteiger partial charge is 0.346 e. The summed E-state index contributed by atoms with van der Waals surface area (Å²) in [7, 11) is 0. The molecule has 4 atom stereocenters. The maximum atomic E-state index is 10.8. The Labute approximate surface area is 94.3 Å². The van der Waals surface area contributed by atoms with E-state index in [1.165, 1.54) is 0 Å². The molecule has 0 aromatic carbocycles. The lowest BCUT2D eigenvalue weighted by Crippen LogP contribution is -2.31. The van der Waals surface area contributed by atoms with Gasteiger partial charge in [0, 0.05) is 0 Å². The maximum absolute atomic E-state index is 10.8. The number of hydrogen-bond acceptors (Lipinski definition) is 5. The number of carbonyl (C=O) groups is 1. The van der Waals surface area contributed by atoms with Crippen molar-refractivity contribution >= 4 is 6.29 Å². The van der Waals surface area contributed by atoms with Crippen molar-refractivity contribution < 1.29 is 23.7 Å². The Hall–Kier alpha value is -0.750. The third kappa shape index (κ3) is 2.04. The molecule has 0 aromatic heterocycles. The lowest BCUT2D eigenvalue weighted by atomic mass is 10.1. The Kier molecular flexibility index (Phi) is 3.12. The Morgan fingerprint density at radius 1 is 1.38 bits per heavy atom. The summed E-state index contributed by atoms with van der Waals surface area (Å²) in [6.45, 7) is 7.51. The minimum Gasteiger partial charge on any atom is -0.346 e. The van der Waals surface area contributed by atoms with Crippen molar-refractivity contribution in [2.75, 3.05) is 6.61 Å². The molecule has 0 aromatic rings. The molecule has 90 valence electrons. The number of ether oxygens (including phenoxy) is 4. The molecule has 0 amide bonds. The lowest BCUT2D eigenvalue weighted by Gasteiger charge is -2.22. The average Bonchev–Trinajstić information content (AvgIpc) is 2.69. The third-order valence-electron chi connectivity index (χ3n) is 2.56. The van der Waals surface area contributed by atoms with Gasteiger partial charge in [0.05, 0.1) is 6.61 Å². The van der Waals surface area contributed by atoms with E-state index in [0.717, 1.165) is 6.29 Å². The Balaban J connectivity index is 2.07. The number of carbonyl (C=O) groups excluding carboxylic acids is 1. The minimum absolute atomic E-state index is 0.350. The first-order valence-electron chi connectivity index (χ1n) is 5.26. The van der Waals surface area contributed by atoms with E-state index in [-0.39, 0.29) is 12.2 Å². The van der Waals surface area contributed by atoms with Crippen LogP contribution in [-0.4, -0.2) is 43.3 Å². The fourth-order valence-electron chi connectivity index (χ4n) is 2.00. The van der Waals surface area contributed by atoms with E-state index in [1.54, 1.807) is 19.9 Å². The fraction of sp³-hybridized carbons (Fsp3) is 0.727. The van der Waals surface area contributed by atoms with Gasteiger partial charge in [-0.25, -0.2) is 0 Å². The fourth-order valence-corrected chi connectivity index (χ4v) is 2.00. The van der Waals surface area contributed by atoms with Crippen LogP contribution in [0.4, 0.5) is 0 Å². The Morgan fingerprint density at radius 3 is 2.69 bits per heavy atom. The molecule has 0 spiro atoms. The van der Waals surface area contributed by atoms with Crippen LogP contribution >= 0.6 is 0 Å². The molecule has 16 heavy (non-hydrogen) atoms. The molecular formula is C11H16O5. The zero-order valence-corrected chi connectivity index (χ0v) is 9.42. The van der Waals surface area contributed by atoms with Crippen molar-refractivity contribution in [1.29, 1.82) is 0 Å². The van der Waals surface area contributed by atoms with Crippen LogP contribution in [-0.2, 0) is 23.7 Å². The minimum atomic E-state index is -0.698. The first-order valence-corrected chi connectivity index (χ1v) is 5.26. The predicted octanol–water partition coefficient (Wildman–Crippen LogP) is 0.633. The highest BCUT2D eigenvalue weighted by molar-refractivity contribution is 5.58. The van der Waals surface area contributed by atoms with Crippen molar-refractivity contribution in [3.63, 3.8) is 0 Å². The van der Waals surface area contributed by atoms with Crippen LogP contribution in [0.5, 0.6) is 0 Å². The van der Waals surface area contributed by atoms with Crippen LogP contribution < -0.4 is 0 Å². The molecule has 2 heterocycles. The summed E-state index contributed by atoms with van der Waals surface area (Å²) in [6, 6.07) is 0. The topological polar surface area (TPSA) is 54.0 Å². The van der Waals surface area contributed by atoms with E-state index in [2.05, 4.69) is 6.58 Å². The van der Waals surface area contributed by atoms with Gasteiger partial charge in [-0.1, -0.05) is 6.08 Å².